The molecule has 0 radical (unpaired) electrons. The maximum atomic E-state index is 4.77. The summed E-state index contributed by atoms with van der Waals surface area (Å²) in [4.78, 5) is 13.8. The summed E-state index contributed by atoms with van der Waals surface area (Å²) in [7, 11) is 0. The van der Waals surface area contributed by atoms with Crippen molar-refractivity contribution in [3.63, 3.8) is 0 Å². The number of para-hydroxylation sites is 1. The number of hydrogen-bond donors (Lipinski definition) is 2. The van der Waals surface area contributed by atoms with Gasteiger partial charge in [-0.3, -0.25) is 5.10 Å². The number of fused-ring (bicyclic) bond motifs is 1. The smallest absolute Gasteiger partial charge is 0.247 e. The first kappa shape index (κ1) is 16.0. The number of H-pyrrole nitrogens is 1. The summed E-state index contributed by atoms with van der Waals surface area (Å²) in [5.41, 5.74) is 2.91. The molecule has 2 aromatic carbocycles. The number of anilines is 2. The fraction of sp³-hybridized carbons (Fsp3) is 0.100. The second kappa shape index (κ2) is 6.76. The standard InChI is InChI=1S/C20H18N6/c1-3-8-14-9-4-5-10-15(14)18-22-17-12-7-6-11-16(17)19(23-18)24-20-21-13(2)25-26-20/h3-12H,1-2H3,(H2,21,22,23,24,25,26)/b8-3+. The zero-order valence-corrected chi connectivity index (χ0v) is 14.6. The zero-order chi connectivity index (χ0) is 17.9. The van der Waals surface area contributed by atoms with E-state index in [-0.39, 0.29) is 0 Å². The number of nitrogens with one attached hydrogen (secondary N) is 2. The van der Waals surface area contributed by atoms with Crippen LogP contribution in [0.4, 0.5) is 11.8 Å². The number of allylic oxidation sites excluding steroid dienone is 1. The molecule has 0 aliphatic heterocycles. The average molecular weight is 342 g/mol. The highest BCUT2D eigenvalue weighted by atomic mass is 15.3. The Labute approximate surface area is 151 Å². The van der Waals surface area contributed by atoms with Gasteiger partial charge in [0.25, 0.3) is 0 Å². The second-order valence-electron chi connectivity index (χ2n) is 5.87. The summed E-state index contributed by atoms with van der Waals surface area (Å²) in [6.07, 6.45) is 4.06. The normalized spacial score (nSPS) is 11.3. The van der Waals surface area contributed by atoms with E-state index < -0.39 is 0 Å². The molecule has 0 spiro atoms. The minimum Gasteiger partial charge on any atom is -0.307 e. The Morgan fingerprint density at radius 1 is 0.962 bits per heavy atom. The predicted molar refractivity (Wildman–Crippen MR) is 104 cm³/mol. The van der Waals surface area contributed by atoms with Crippen LogP contribution in [0, 0.1) is 6.92 Å². The van der Waals surface area contributed by atoms with E-state index in [0.29, 0.717) is 17.6 Å². The molecule has 0 fully saturated rings. The van der Waals surface area contributed by atoms with Gasteiger partial charge in [0.05, 0.1) is 5.52 Å². The van der Waals surface area contributed by atoms with Crippen LogP contribution in [0.5, 0.6) is 0 Å². The van der Waals surface area contributed by atoms with Gasteiger partial charge in [0.2, 0.25) is 5.95 Å². The first-order chi connectivity index (χ1) is 12.7. The lowest BCUT2D eigenvalue weighted by atomic mass is 10.1. The number of aromatic amines is 1. The summed E-state index contributed by atoms with van der Waals surface area (Å²) < 4.78 is 0. The molecule has 0 aliphatic carbocycles. The van der Waals surface area contributed by atoms with Gasteiger partial charge in [-0.1, -0.05) is 48.6 Å². The number of aryl methyl sites for hydroxylation is 1. The highest BCUT2D eigenvalue weighted by Gasteiger charge is 2.12. The van der Waals surface area contributed by atoms with Crippen LogP contribution in [0.3, 0.4) is 0 Å². The molecule has 0 amide bonds. The number of hydrogen-bond acceptors (Lipinski definition) is 5. The largest absolute Gasteiger partial charge is 0.307 e. The summed E-state index contributed by atoms with van der Waals surface area (Å²) >= 11 is 0. The molecule has 2 heterocycles. The first-order valence-corrected chi connectivity index (χ1v) is 8.39. The third-order valence-corrected chi connectivity index (χ3v) is 3.98. The Hall–Kier alpha value is -3.54. The van der Waals surface area contributed by atoms with Crippen LogP contribution in [0.15, 0.2) is 54.6 Å². The quantitative estimate of drug-likeness (QED) is 0.571. The van der Waals surface area contributed by atoms with Crippen LogP contribution in [0.2, 0.25) is 0 Å². The summed E-state index contributed by atoms with van der Waals surface area (Å²) in [6.45, 7) is 3.85. The van der Waals surface area contributed by atoms with Crippen molar-refractivity contribution in [2.45, 2.75) is 13.8 Å². The lowest BCUT2D eigenvalue weighted by molar-refractivity contribution is 1.04. The summed E-state index contributed by atoms with van der Waals surface area (Å²) in [5, 5.41) is 11.1. The van der Waals surface area contributed by atoms with Crippen LogP contribution in [-0.4, -0.2) is 25.1 Å². The van der Waals surface area contributed by atoms with Crippen LogP contribution in [-0.2, 0) is 0 Å². The molecular formula is C20H18N6. The third-order valence-electron chi connectivity index (χ3n) is 3.98. The summed E-state index contributed by atoms with van der Waals surface area (Å²) in [5.74, 6) is 2.57. The topological polar surface area (TPSA) is 79.4 Å². The van der Waals surface area contributed by atoms with E-state index in [9.17, 15) is 0 Å². The first-order valence-electron chi connectivity index (χ1n) is 8.39. The average Bonchev–Trinajstić information content (AvgIpc) is 3.07. The maximum Gasteiger partial charge on any atom is 0.247 e. The maximum absolute atomic E-state index is 4.77. The van der Waals surface area contributed by atoms with E-state index in [1.54, 1.807) is 0 Å². The molecule has 2 aromatic heterocycles. The molecular weight excluding hydrogens is 324 g/mol. The van der Waals surface area contributed by atoms with Gasteiger partial charge in [0.1, 0.15) is 11.6 Å². The van der Waals surface area contributed by atoms with Gasteiger partial charge in [-0.2, -0.15) is 4.98 Å². The van der Waals surface area contributed by atoms with Gasteiger partial charge in [-0.25, -0.2) is 9.97 Å². The van der Waals surface area contributed by atoms with E-state index in [2.05, 4.69) is 32.6 Å². The van der Waals surface area contributed by atoms with Crippen molar-refractivity contribution in [3.8, 4) is 11.4 Å². The lowest BCUT2D eigenvalue weighted by Crippen LogP contribution is -2.01. The number of nitrogens with zero attached hydrogens (tertiary/aromatic N) is 4. The number of benzene rings is 2. The molecule has 0 aliphatic rings. The molecule has 6 nitrogen and oxygen atoms in total. The van der Waals surface area contributed by atoms with Crippen LogP contribution >= 0.6 is 0 Å². The van der Waals surface area contributed by atoms with Crippen molar-refractivity contribution >= 4 is 28.7 Å². The van der Waals surface area contributed by atoms with Crippen LogP contribution in [0.25, 0.3) is 28.4 Å². The van der Waals surface area contributed by atoms with Crippen molar-refractivity contribution < 1.29 is 0 Å². The molecule has 0 saturated heterocycles. The van der Waals surface area contributed by atoms with E-state index >= 15 is 0 Å². The van der Waals surface area contributed by atoms with Gasteiger partial charge in [0, 0.05) is 10.9 Å². The highest BCUT2D eigenvalue weighted by molar-refractivity contribution is 5.92. The fourth-order valence-electron chi connectivity index (χ4n) is 2.82. The monoisotopic (exact) mass is 342 g/mol. The Morgan fingerprint density at radius 2 is 1.77 bits per heavy atom. The predicted octanol–water partition coefficient (Wildman–Crippen LogP) is 4.50. The van der Waals surface area contributed by atoms with Crippen molar-refractivity contribution in [1.82, 2.24) is 25.1 Å². The Kier molecular flexibility index (Phi) is 4.15. The molecule has 0 saturated carbocycles. The minimum atomic E-state index is 0.485. The molecule has 26 heavy (non-hydrogen) atoms. The number of aromatic nitrogens is 5. The number of rotatable bonds is 4. The highest BCUT2D eigenvalue weighted by Crippen LogP contribution is 2.28. The van der Waals surface area contributed by atoms with Gasteiger partial charge in [-0.05, 0) is 31.5 Å². The van der Waals surface area contributed by atoms with E-state index in [0.717, 1.165) is 27.9 Å². The van der Waals surface area contributed by atoms with Crippen LogP contribution < -0.4 is 5.32 Å². The van der Waals surface area contributed by atoms with Gasteiger partial charge in [-0.15, -0.1) is 5.10 Å². The van der Waals surface area contributed by atoms with Crippen molar-refractivity contribution in [2.24, 2.45) is 0 Å². The molecule has 0 bridgehead atoms. The molecule has 4 rings (SSSR count). The van der Waals surface area contributed by atoms with Gasteiger partial charge < -0.3 is 5.32 Å². The molecule has 128 valence electrons. The SMILES string of the molecule is C/C=C/c1ccccc1-c1nc(Nc2n[nH]c(C)n2)c2ccccc2n1. The van der Waals surface area contributed by atoms with Crippen molar-refractivity contribution in [1.29, 1.82) is 0 Å². The lowest BCUT2D eigenvalue weighted by Gasteiger charge is -2.10. The molecule has 0 atom stereocenters. The zero-order valence-electron chi connectivity index (χ0n) is 14.6. The minimum absolute atomic E-state index is 0.485. The fourth-order valence-corrected chi connectivity index (χ4v) is 2.82. The second-order valence-corrected chi connectivity index (χ2v) is 5.87. The Bertz CT molecular complexity index is 1100. The third kappa shape index (κ3) is 3.04. The Morgan fingerprint density at radius 3 is 2.58 bits per heavy atom. The molecule has 2 N–H and O–H groups in total. The molecule has 0 unspecified atom stereocenters. The molecule has 6 heteroatoms. The summed E-state index contributed by atoms with van der Waals surface area (Å²) in [6, 6.07) is 16.0. The van der Waals surface area contributed by atoms with E-state index in [1.807, 2.05) is 62.4 Å². The van der Waals surface area contributed by atoms with E-state index in [1.165, 1.54) is 0 Å². The van der Waals surface area contributed by atoms with E-state index in [4.69, 9.17) is 9.97 Å². The van der Waals surface area contributed by atoms with Crippen molar-refractivity contribution in [2.75, 3.05) is 5.32 Å². The van der Waals surface area contributed by atoms with Gasteiger partial charge >= 0.3 is 0 Å². The van der Waals surface area contributed by atoms with Crippen molar-refractivity contribution in [3.05, 3.63) is 66.0 Å². The Balaban J connectivity index is 1.89. The van der Waals surface area contributed by atoms with Crippen LogP contribution in [0.1, 0.15) is 18.3 Å². The van der Waals surface area contributed by atoms with Gasteiger partial charge in [0.15, 0.2) is 5.82 Å². The molecule has 4 aromatic rings.